The summed E-state index contributed by atoms with van der Waals surface area (Å²) >= 11 is 0. The maximum absolute atomic E-state index is 12.1. The van der Waals surface area contributed by atoms with E-state index in [2.05, 4.69) is 0 Å². The SMILES string of the molecule is FC(F)(F)c1ccccc1C(F)(F)F.OBO. The second-order valence-corrected chi connectivity index (χ2v) is 2.68. The van der Waals surface area contributed by atoms with Crippen LogP contribution in [0.4, 0.5) is 26.3 Å². The monoisotopic (exact) mass is 260 g/mol. The smallest absolute Gasteiger partial charge is 0.430 e. The van der Waals surface area contributed by atoms with Crippen LogP contribution in [-0.4, -0.2) is 17.7 Å². The summed E-state index contributed by atoms with van der Waals surface area (Å²) in [5.74, 6) is 0. The fourth-order valence-electron chi connectivity index (χ4n) is 0.978. The lowest BCUT2D eigenvalue weighted by Gasteiger charge is -2.14. The van der Waals surface area contributed by atoms with Crippen molar-refractivity contribution in [3.63, 3.8) is 0 Å². The molecule has 9 heteroatoms. The first-order chi connectivity index (χ1) is 7.64. The van der Waals surface area contributed by atoms with E-state index in [9.17, 15) is 26.3 Å². The zero-order valence-corrected chi connectivity index (χ0v) is 8.18. The van der Waals surface area contributed by atoms with E-state index in [4.69, 9.17) is 10.0 Å². The molecule has 0 spiro atoms. The Labute approximate surface area is 92.8 Å². The topological polar surface area (TPSA) is 40.5 Å². The lowest BCUT2D eigenvalue weighted by molar-refractivity contribution is -0.162. The average molecular weight is 260 g/mol. The van der Waals surface area contributed by atoms with Crippen molar-refractivity contribution >= 4 is 7.69 Å². The van der Waals surface area contributed by atoms with Crippen molar-refractivity contribution in [3.05, 3.63) is 35.4 Å². The fourth-order valence-corrected chi connectivity index (χ4v) is 0.978. The van der Waals surface area contributed by atoms with Gasteiger partial charge in [-0.1, -0.05) is 12.1 Å². The summed E-state index contributed by atoms with van der Waals surface area (Å²) in [6, 6.07) is 2.64. The van der Waals surface area contributed by atoms with Gasteiger partial charge in [0.2, 0.25) is 0 Å². The number of rotatable bonds is 0. The molecule has 1 aromatic rings. The van der Waals surface area contributed by atoms with E-state index in [1.54, 1.807) is 0 Å². The molecule has 0 amide bonds. The molecule has 1 rings (SSSR count). The van der Waals surface area contributed by atoms with Crippen LogP contribution in [0.25, 0.3) is 0 Å². The quantitative estimate of drug-likeness (QED) is 0.553. The molecule has 0 saturated heterocycles. The van der Waals surface area contributed by atoms with Crippen LogP contribution in [-0.2, 0) is 12.4 Å². The van der Waals surface area contributed by atoms with Crippen LogP contribution in [0.1, 0.15) is 11.1 Å². The van der Waals surface area contributed by atoms with Crippen LogP contribution in [0.2, 0.25) is 0 Å². The zero-order valence-electron chi connectivity index (χ0n) is 8.18. The van der Waals surface area contributed by atoms with Crippen LogP contribution in [0.15, 0.2) is 24.3 Å². The van der Waals surface area contributed by atoms with Gasteiger partial charge in [-0.2, -0.15) is 26.3 Å². The van der Waals surface area contributed by atoms with Crippen LogP contribution in [0.5, 0.6) is 0 Å². The summed E-state index contributed by atoms with van der Waals surface area (Å²) in [5, 5.41) is 14.2. The van der Waals surface area contributed by atoms with Gasteiger partial charge in [0, 0.05) is 0 Å². The van der Waals surface area contributed by atoms with Crippen molar-refractivity contribution in [2.75, 3.05) is 0 Å². The molecular formula is C8H7BF6O2. The molecule has 0 saturated carbocycles. The lowest BCUT2D eigenvalue weighted by atomic mass is 10.1. The number of halogens is 6. The first-order valence-corrected chi connectivity index (χ1v) is 4.09. The van der Waals surface area contributed by atoms with Gasteiger partial charge in [-0.3, -0.25) is 0 Å². The van der Waals surface area contributed by atoms with Crippen molar-refractivity contribution in [3.8, 4) is 0 Å². The summed E-state index contributed by atoms with van der Waals surface area (Å²) in [4.78, 5) is 0. The largest absolute Gasteiger partial charge is 0.432 e. The van der Waals surface area contributed by atoms with E-state index < -0.39 is 31.2 Å². The minimum atomic E-state index is -4.98. The van der Waals surface area contributed by atoms with E-state index in [0.717, 1.165) is 12.1 Å². The maximum atomic E-state index is 12.1. The Balaban J connectivity index is 0.000000770. The van der Waals surface area contributed by atoms with Crippen molar-refractivity contribution in [2.45, 2.75) is 12.4 Å². The second kappa shape index (κ2) is 5.92. The number of hydrogen-bond donors (Lipinski definition) is 2. The Morgan fingerprint density at radius 3 is 1.18 bits per heavy atom. The Morgan fingerprint density at radius 1 is 0.765 bits per heavy atom. The molecule has 0 aromatic heterocycles. The van der Waals surface area contributed by atoms with Crippen molar-refractivity contribution in [1.82, 2.24) is 0 Å². The van der Waals surface area contributed by atoms with Crippen molar-refractivity contribution in [1.29, 1.82) is 0 Å². The molecule has 0 aliphatic heterocycles. The molecule has 0 heterocycles. The summed E-state index contributed by atoms with van der Waals surface area (Å²) in [6.45, 7) is 0. The highest BCUT2D eigenvalue weighted by atomic mass is 19.4. The minimum Gasteiger partial charge on any atom is -0.430 e. The Morgan fingerprint density at radius 2 is 1.00 bits per heavy atom. The van der Waals surface area contributed by atoms with Gasteiger partial charge in [-0.15, -0.1) is 0 Å². The molecule has 0 fully saturated rings. The highest BCUT2D eigenvalue weighted by molar-refractivity contribution is 6.13. The molecule has 1 aromatic carbocycles. The van der Waals surface area contributed by atoms with Crippen LogP contribution in [0.3, 0.4) is 0 Å². The number of alkyl halides is 6. The van der Waals surface area contributed by atoms with E-state index in [1.165, 1.54) is 0 Å². The number of benzene rings is 1. The Bertz CT molecular complexity index is 316. The zero-order chi connectivity index (χ0) is 13.7. The van der Waals surface area contributed by atoms with E-state index in [0.29, 0.717) is 12.1 Å². The maximum Gasteiger partial charge on any atom is 0.432 e. The standard InChI is InChI=1S/C8H4F6.BH3O2/c9-7(10,11)5-3-1-2-4-6(5)8(12,13)14;2-1-3/h1-4H;1-3H. The molecule has 2 N–H and O–H groups in total. The molecule has 2 nitrogen and oxygen atoms in total. The molecule has 0 bridgehead atoms. The molecule has 0 radical (unpaired) electrons. The highest BCUT2D eigenvalue weighted by Crippen LogP contribution is 2.39. The van der Waals surface area contributed by atoms with E-state index >= 15 is 0 Å². The third-order valence-electron chi connectivity index (χ3n) is 1.54. The molecule has 0 atom stereocenters. The molecule has 0 aliphatic rings. The molecule has 0 aliphatic carbocycles. The predicted octanol–water partition coefficient (Wildman–Crippen LogP) is 1.96. The first-order valence-electron chi connectivity index (χ1n) is 4.09. The van der Waals surface area contributed by atoms with Crippen LogP contribution < -0.4 is 0 Å². The normalized spacial score (nSPS) is 11.5. The summed E-state index contributed by atoms with van der Waals surface area (Å²) in [5.41, 5.74) is -3.32. The lowest BCUT2D eigenvalue weighted by Crippen LogP contribution is -2.15. The predicted molar refractivity (Wildman–Crippen MR) is 48.0 cm³/mol. The molecule has 0 unspecified atom stereocenters. The van der Waals surface area contributed by atoms with Gasteiger partial charge in [0.1, 0.15) is 0 Å². The molecular weight excluding hydrogens is 253 g/mol. The summed E-state index contributed by atoms with van der Waals surface area (Å²) in [7, 11) is -0.750. The summed E-state index contributed by atoms with van der Waals surface area (Å²) in [6.07, 6.45) is -9.96. The Kier molecular flexibility index (Phi) is 5.50. The summed E-state index contributed by atoms with van der Waals surface area (Å²) < 4.78 is 72.5. The van der Waals surface area contributed by atoms with E-state index in [-0.39, 0.29) is 0 Å². The van der Waals surface area contributed by atoms with Gasteiger partial charge in [-0.05, 0) is 12.1 Å². The van der Waals surface area contributed by atoms with Gasteiger partial charge in [0.25, 0.3) is 0 Å². The third kappa shape index (κ3) is 5.09. The fraction of sp³-hybridized carbons (Fsp3) is 0.250. The van der Waals surface area contributed by atoms with Gasteiger partial charge < -0.3 is 10.0 Å². The average Bonchev–Trinajstić information content (AvgIpc) is 2.16. The van der Waals surface area contributed by atoms with Crippen molar-refractivity contribution < 1.29 is 36.4 Å². The third-order valence-corrected chi connectivity index (χ3v) is 1.54. The van der Waals surface area contributed by atoms with Crippen LogP contribution in [0, 0.1) is 0 Å². The second-order valence-electron chi connectivity index (χ2n) is 2.68. The first kappa shape index (κ1) is 15.8. The highest BCUT2D eigenvalue weighted by Gasteiger charge is 2.42. The van der Waals surface area contributed by atoms with Crippen molar-refractivity contribution in [2.24, 2.45) is 0 Å². The van der Waals surface area contributed by atoms with Gasteiger partial charge in [0.05, 0.1) is 11.1 Å². The number of hydrogen-bond acceptors (Lipinski definition) is 2. The van der Waals surface area contributed by atoms with E-state index in [1.807, 2.05) is 0 Å². The van der Waals surface area contributed by atoms with Gasteiger partial charge in [-0.25, -0.2) is 0 Å². The minimum absolute atomic E-state index is 0.406. The van der Waals surface area contributed by atoms with Crippen LogP contribution >= 0.6 is 0 Å². The molecule has 96 valence electrons. The molecule has 17 heavy (non-hydrogen) atoms. The Hall–Kier alpha value is -1.22. The van der Waals surface area contributed by atoms with Gasteiger partial charge in [0.15, 0.2) is 0 Å². The van der Waals surface area contributed by atoms with Gasteiger partial charge >= 0.3 is 20.0 Å².